The van der Waals surface area contributed by atoms with Crippen molar-refractivity contribution in [2.45, 2.75) is 19.4 Å². The third kappa shape index (κ3) is 3.59. The molecule has 1 aliphatic heterocycles. The quantitative estimate of drug-likeness (QED) is 0.686. The molecule has 4 nitrogen and oxygen atoms in total. The zero-order valence-corrected chi connectivity index (χ0v) is 10.7. The molecule has 0 aliphatic carbocycles. The normalized spacial score (nSPS) is 25.7. The van der Waals surface area contributed by atoms with Crippen molar-refractivity contribution in [3.05, 3.63) is 0 Å². The van der Waals surface area contributed by atoms with Gasteiger partial charge in [0.15, 0.2) is 0 Å². The van der Waals surface area contributed by atoms with Gasteiger partial charge in [-0.25, -0.2) is 8.42 Å². The van der Waals surface area contributed by atoms with E-state index in [1.165, 1.54) is 4.31 Å². The van der Waals surface area contributed by atoms with Crippen LogP contribution in [0.25, 0.3) is 0 Å². The first-order valence-electron chi connectivity index (χ1n) is 5.06. The van der Waals surface area contributed by atoms with Gasteiger partial charge in [0.05, 0.1) is 11.9 Å². The van der Waals surface area contributed by atoms with Crippen LogP contribution in [-0.4, -0.2) is 50.7 Å². The Morgan fingerprint density at radius 2 is 2.27 bits per heavy atom. The van der Waals surface area contributed by atoms with Crippen molar-refractivity contribution >= 4 is 21.6 Å². The second kappa shape index (κ2) is 5.48. The molecule has 1 fully saturated rings. The number of methoxy groups -OCH3 is 1. The molecular formula is C9H18ClNO3S. The molecule has 6 heteroatoms. The Bertz CT molecular complexity index is 294. The number of halogens is 1. The molecule has 2 atom stereocenters. The van der Waals surface area contributed by atoms with E-state index in [-0.39, 0.29) is 17.8 Å². The fraction of sp³-hybridized carbons (Fsp3) is 1.00. The monoisotopic (exact) mass is 255 g/mol. The first-order chi connectivity index (χ1) is 6.99. The molecular weight excluding hydrogens is 238 g/mol. The van der Waals surface area contributed by atoms with Gasteiger partial charge >= 0.3 is 0 Å². The van der Waals surface area contributed by atoms with E-state index in [1.54, 1.807) is 7.11 Å². The third-order valence-electron chi connectivity index (χ3n) is 2.59. The maximum atomic E-state index is 11.9. The standard InChI is InChI=1S/C9H18ClNO3S/c1-8(5-10)7-15(12,13)11-4-3-9(6-11)14-2/h8-9H,3-7H2,1-2H3. The van der Waals surface area contributed by atoms with E-state index in [0.29, 0.717) is 19.0 Å². The second-order valence-corrected chi connectivity index (χ2v) is 6.36. The first kappa shape index (κ1) is 13.2. The van der Waals surface area contributed by atoms with Crippen molar-refractivity contribution in [1.82, 2.24) is 4.31 Å². The molecule has 90 valence electrons. The van der Waals surface area contributed by atoms with Crippen molar-refractivity contribution in [3.63, 3.8) is 0 Å². The number of ether oxygens (including phenoxy) is 1. The summed E-state index contributed by atoms with van der Waals surface area (Å²) in [6.07, 6.45) is 0.830. The van der Waals surface area contributed by atoms with Gasteiger partial charge < -0.3 is 4.74 Å². The van der Waals surface area contributed by atoms with Crippen LogP contribution in [0.15, 0.2) is 0 Å². The lowest BCUT2D eigenvalue weighted by molar-refractivity contribution is 0.115. The molecule has 0 spiro atoms. The van der Waals surface area contributed by atoms with Crippen molar-refractivity contribution in [2.75, 3.05) is 31.8 Å². The van der Waals surface area contributed by atoms with Crippen LogP contribution in [0.1, 0.15) is 13.3 Å². The average Bonchev–Trinajstić information content (AvgIpc) is 2.65. The fourth-order valence-electron chi connectivity index (χ4n) is 1.65. The molecule has 0 bridgehead atoms. The summed E-state index contributed by atoms with van der Waals surface area (Å²) in [5.41, 5.74) is 0. The van der Waals surface area contributed by atoms with Crippen LogP contribution < -0.4 is 0 Å². The topological polar surface area (TPSA) is 46.6 Å². The predicted molar refractivity (Wildman–Crippen MR) is 60.7 cm³/mol. The van der Waals surface area contributed by atoms with Crippen LogP contribution in [0.3, 0.4) is 0 Å². The van der Waals surface area contributed by atoms with Gasteiger partial charge in [0.1, 0.15) is 0 Å². The van der Waals surface area contributed by atoms with Crippen molar-refractivity contribution in [3.8, 4) is 0 Å². The van der Waals surface area contributed by atoms with E-state index in [9.17, 15) is 8.42 Å². The summed E-state index contributed by atoms with van der Waals surface area (Å²) in [4.78, 5) is 0. The molecule has 0 amide bonds. The number of nitrogens with zero attached hydrogens (tertiary/aromatic N) is 1. The molecule has 0 N–H and O–H groups in total. The molecule has 2 unspecified atom stereocenters. The maximum absolute atomic E-state index is 11.9. The number of alkyl halides is 1. The summed E-state index contributed by atoms with van der Waals surface area (Å²) >= 11 is 5.61. The van der Waals surface area contributed by atoms with Gasteiger partial charge in [-0.3, -0.25) is 0 Å². The van der Waals surface area contributed by atoms with E-state index >= 15 is 0 Å². The van der Waals surface area contributed by atoms with Gasteiger partial charge in [-0.2, -0.15) is 4.31 Å². The van der Waals surface area contributed by atoms with E-state index in [1.807, 2.05) is 6.92 Å². The van der Waals surface area contributed by atoms with E-state index in [4.69, 9.17) is 16.3 Å². The summed E-state index contributed by atoms with van der Waals surface area (Å²) in [6, 6.07) is 0. The lowest BCUT2D eigenvalue weighted by Crippen LogP contribution is -2.34. The number of hydrogen-bond donors (Lipinski definition) is 0. The second-order valence-electron chi connectivity index (χ2n) is 4.04. The third-order valence-corrected chi connectivity index (χ3v) is 5.23. The van der Waals surface area contributed by atoms with Gasteiger partial charge in [-0.05, 0) is 12.3 Å². The zero-order valence-electron chi connectivity index (χ0n) is 9.15. The van der Waals surface area contributed by atoms with Crippen LogP contribution >= 0.6 is 11.6 Å². The minimum atomic E-state index is -3.15. The largest absolute Gasteiger partial charge is 0.380 e. The summed E-state index contributed by atoms with van der Waals surface area (Å²) in [5.74, 6) is 0.506. The molecule has 1 saturated heterocycles. The highest BCUT2D eigenvalue weighted by Crippen LogP contribution is 2.18. The highest BCUT2D eigenvalue weighted by atomic mass is 35.5. The van der Waals surface area contributed by atoms with E-state index < -0.39 is 10.0 Å². The van der Waals surface area contributed by atoms with Crippen molar-refractivity contribution in [1.29, 1.82) is 0 Å². The molecule has 0 aromatic carbocycles. The summed E-state index contributed by atoms with van der Waals surface area (Å²) in [5, 5.41) is 0. The van der Waals surface area contributed by atoms with Crippen LogP contribution in [0.5, 0.6) is 0 Å². The highest BCUT2D eigenvalue weighted by molar-refractivity contribution is 7.89. The Morgan fingerprint density at radius 1 is 1.60 bits per heavy atom. The average molecular weight is 256 g/mol. The number of rotatable bonds is 5. The first-order valence-corrected chi connectivity index (χ1v) is 7.20. The summed E-state index contributed by atoms with van der Waals surface area (Å²) in [6.45, 7) is 2.89. The highest BCUT2D eigenvalue weighted by Gasteiger charge is 2.31. The van der Waals surface area contributed by atoms with Crippen LogP contribution in [0, 0.1) is 5.92 Å². The Hall–Kier alpha value is 0.160. The van der Waals surface area contributed by atoms with Crippen LogP contribution in [-0.2, 0) is 14.8 Å². The lowest BCUT2D eigenvalue weighted by Gasteiger charge is -2.18. The molecule has 0 radical (unpaired) electrons. The summed E-state index contributed by atoms with van der Waals surface area (Å²) in [7, 11) is -1.53. The fourth-order valence-corrected chi connectivity index (χ4v) is 3.72. The Labute approximate surface area is 96.6 Å². The number of sulfonamides is 1. The molecule has 15 heavy (non-hydrogen) atoms. The smallest absolute Gasteiger partial charge is 0.214 e. The molecule has 0 saturated carbocycles. The van der Waals surface area contributed by atoms with Gasteiger partial charge in [0.25, 0.3) is 0 Å². The minimum Gasteiger partial charge on any atom is -0.380 e. The van der Waals surface area contributed by atoms with E-state index in [0.717, 1.165) is 6.42 Å². The van der Waals surface area contributed by atoms with Gasteiger partial charge in [0, 0.05) is 26.1 Å². The maximum Gasteiger partial charge on any atom is 0.214 e. The molecule has 0 aromatic heterocycles. The lowest BCUT2D eigenvalue weighted by atomic mass is 10.3. The molecule has 0 aromatic rings. The van der Waals surface area contributed by atoms with Gasteiger partial charge in [0.2, 0.25) is 10.0 Å². The SMILES string of the molecule is COC1CCN(S(=O)(=O)CC(C)CCl)C1. The Kier molecular flexibility index (Phi) is 4.83. The summed E-state index contributed by atoms with van der Waals surface area (Å²) < 4.78 is 30.4. The Morgan fingerprint density at radius 3 is 2.73 bits per heavy atom. The minimum absolute atomic E-state index is 0.00161. The van der Waals surface area contributed by atoms with Gasteiger partial charge in [-0.15, -0.1) is 11.6 Å². The van der Waals surface area contributed by atoms with Crippen LogP contribution in [0.4, 0.5) is 0 Å². The van der Waals surface area contributed by atoms with Gasteiger partial charge in [-0.1, -0.05) is 6.92 Å². The number of hydrogen-bond acceptors (Lipinski definition) is 3. The predicted octanol–water partition coefficient (Wildman–Crippen LogP) is 0.912. The molecule has 1 heterocycles. The van der Waals surface area contributed by atoms with Crippen molar-refractivity contribution < 1.29 is 13.2 Å². The van der Waals surface area contributed by atoms with E-state index in [2.05, 4.69) is 0 Å². The molecule has 1 rings (SSSR count). The zero-order chi connectivity index (χ0) is 11.5. The van der Waals surface area contributed by atoms with Crippen molar-refractivity contribution in [2.24, 2.45) is 5.92 Å². The Balaban J connectivity index is 2.56. The van der Waals surface area contributed by atoms with Crippen LogP contribution in [0.2, 0.25) is 0 Å². The molecule has 1 aliphatic rings.